The number of halogens is 1. The molecule has 3 heterocycles. The normalized spacial score (nSPS) is 15.4. The Balaban J connectivity index is 1.35. The summed E-state index contributed by atoms with van der Waals surface area (Å²) < 4.78 is 19.1. The molecule has 1 atom stereocenters. The predicted octanol–water partition coefficient (Wildman–Crippen LogP) is 3.16. The molecular weight excluding hydrogens is 423 g/mol. The second-order valence-electron chi connectivity index (χ2n) is 8.26. The lowest BCUT2D eigenvalue weighted by molar-refractivity contribution is 0.0899. The molecule has 0 saturated carbocycles. The van der Waals surface area contributed by atoms with Crippen molar-refractivity contribution >= 4 is 11.9 Å². The molecule has 1 aromatic carbocycles. The minimum absolute atomic E-state index is 0.0640. The molecule has 8 nitrogen and oxygen atoms in total. The second-order valence-corrected chi connectivity index (χ2v) is 8.26. The molecule has 4 rings (SSSR count). The maximum atomic E-state index is 13.3. The van der Waals surface area contributed by atoms with Crippen molar-refractivity contribution in [2.75, 3.05) is 37.6 Å². The van der Waals surface area contributed by atoms with Gasteiger partial charge in [-0.2, -0.15) is 0 Å². The molecule has 0 unspecified atom stereocenters. The Bertz CT molecular complexity index is 1050. The maximum absolute atomic E-state index is 13.3. The number of aryl methyl sites for hydroxylation is 1. The molecular formula is C24H29FN6O2. The summed E-state index contributed by atoms with van der Waals surface area (Å²) in [6, 6.07) is 7.65. The Morgan fingerprint density at radius 1 is 1.15 bits per heavy atom. The van der Waals surface area contributed by atoms with Gasteiger partial charge in [0.05, 0.1) is 5.69 Å². The topological polar surface area (TPSA) is 87.4 Å². The molecule has 0 bridgehead atoms. The molecule has 1 aliphatic rings. The molecule has 1 amide bonds. The Kier molecular flexibility index (Phi) is 7.29. The van der Waals surface area contributed by atoms with Crippen molar-refractivity contribution in [2.24, 2.45) is 0 Å². The van der Waals surface area contributed by atoms with E-state index in [4.69, 9.17) is 4.42 Å². The van der Waals surface area contributed by atoms with Gasteiger partial charge in [-0.05, 0) is 43.7 Å². The van der Waals surface area contributed by atoms with Gasteiger partial charge >= 0.3 is 0 Å². The number of aromatic nitrogens is 3. The number of nitrogens with one attached hydrogen (secondary N) is 1. The first-order valence-electron chi connectivity index (χ1n) is 11.3. The lowest BCUT2D eigenvalue weighted by Crippen LogP contribution is -2.51. The summed E-state index contributed by atoms with van der Waals surface area (Å²) in [5.41, 5.74) is 1.26. The van der Waals surface area contributed by atoms with Crippen molar-refractivity contribution in [3.8, 4) is 11.5 Å². The fraction of sp³-hybridized carbons (Fsp3) is 0.417. The molecule has 9 heteroatoms. The van der Waals surface area contributed by atoms with Crippen LogP contribution >= 0.6 is 0 Å². The molecule has 1 aliphatic heterocycles. The number of nitrogens with zero attached hydrogens (tertiary/aromatic N) is 5. The van der Waals surface area contributed by atoms with E-state index in [0.717, 1.165) is 45.1 Å². The number of rotatable bonds is 8. The maximum Gasteiger partial charge on any atom is 0.289 e. The van der Waals surface area contributed by atoms with E-state index >= 15 is 0 Å². The number of piperazine rings is 1. The van der Waals surface area contributed by atoms with E-state index in [0.29, 0.717) is 23.6 Å². The average Bonchev–Trinajstić information content (AvgIpc) is 3.25. The largest absolute Gasteiger partial charge is 0.431 e. The van der Waals surface area contributed by atoms with Crippen LogP contribution < -0.4 is 10.2 Å². The molecule has 3 aromatic rings. The summed E-state index contributed by atoms with van der Waals surface area (Å²) in [5, 5.41) is 3.05. The van der Waals surface area contributed by atoms with E-state index in [1.54, 1.807) is 24.5 Å². The third-order valence-corrected chi connectivity index (χ3v) is 5.60. The first-order chi connectivity index (χ1) is 16.0. The number of carbonyl (C=O) groups excluding carboxylic acids is 1. The molecule has 0 radical (unpaired) electrons. The SMILES string of the molecule is CCCc1nc(-c2ccc(F)cc2)oc1C(=O)N[C@@H](C)CN1CCN(c2ncccn2)CC1. The molecule has 33 heavy (non-hydrogen) atoms. The van der Waals surface area contributed by atoms with Gasteiger partial charge in [-0.25, -0.2) is 19.3 Å². The lowest BCUT2D eigenvalue weighted by atomic mass is 10.2. The summed E-state index contributed by atoms with van der Waals surface area (Å²) in [4.78, 5) is 30.6. The van der Waals surface area contributed by atoms with Crippen molar-refractivity contribution < 1.29 is 13.6 Å². The minimum atomic E-state index is -0.331. The number of carbonyl (C=O) groups is 1. The third-order valence-electron chi connectivity index (χ3n) is 5.60. The molecule has 0 spiro atoms. The number of amides is 1. The van der Waals surface area contributed by atoms with E-state index in [2.05, 4.69) is 30.1 Å². The zero-order chi connectivity index (χ0) is 23.2. The lowest BCUT2D eigenvalue weighted by Gasteiger charge is -2.35. The monoisotopic (exact) mass is 452 g/mol. The highest BCUT2D eigenvalue weighted by Gasteiger charge is 2.24. The zero-order valence-electron chi connectivity index (χ0n) is 19.0. The minimum Gasteiger partial charge on any atom is -0.431 e. The van der Waals surface area contributed by atoms with Crippen LogP contribution in [0.2, 0.25) is 0 Å². The van der Waals surface area contributed by atoms with Crippen molar-refractivity contribution in [1.82, 2.24) is 25.2 Å². The van der Waals surface area contributed by atoms with Gasteiger partial charge in [0.15, 0.2) is 0 Å². The summed E-state index contributed by atoms with van der Waals surface area (Å²) >= 11 is 0. The highest BCUT2D eigenvalue weighted by atomic mass is 19.1. The van der Waals surface area contributed by atoms with Crippen LogP contribution in [0.15, 0.2) is 47.1 Å². The molecule has 1 fully saturated rings. The first kappa shape index (κ1) is 22.8. The van der Waals surface area contributed by atoms with E-state index in [1.165, 1.54) is 12.1 Å². The molecule has 174 valence electrons. The van der Waals surface area contributed by atoms with Gasteiger partial charge in [0, 0.05) is 56.7 Å². The molecule has 1 saturated heterocycles. The molecule has 2 aromatic heterocycles. The van der Waals surface area contributed by atoms with E-state index < -0.39 is 0 Å². The number of benzene rings is 1. The quantitative estimate of drug-likeness (QED) is 0.562. The highest BCUT2D eigenvalue weighted by molar-refractivity contribution is 5.93. The summed E-state index contributed by atoms with van der Waals surface area (Å²) in [5.74, 6) is 0.708. The van der Waals surface area contributed by atoms with Crippen LogP contribution in [-0.4, -0.2) is 64.5 Å². The number of hydrogen-bond acceptors (Lipinski definition) is 7. The Morgan fingerprint density at radius 3 is 2.52 bits per heavy atom. The third kappa shape index (κ3) is 5.73. The van der Waals surface area contributed by atoms with Crippen LogP contribution in [-0.2, 0) is 6.42 Å². The van der Waals surface area contributed by atoms with Gasteiger partial charge in [0.1, 0.15) is 5.82 Å². The number of hydrogen-bond donors (Lipinski definition) is 1. The van der Waals surface area contributed by atoms with E-state index in [-0.39, 0.29) is 23.5 Å². The van der Waals surface area contributed by atoms with Crippen LogP contribution in [0.25, 0.3) is 11.5 Å². The molecule has 0 aliphatic carbocycles. The van der Waals surface area contributed by atoms with Crippen molar-refractivity contribution in [1.29, 1.82) is 0 Å². The van der Waals surface area contributed by atoms with Crippen LogP contribution in [0.5, 0.6) is 0 Å². The predicted molar refractivity (Wildman–Crippen MR) is 124 cm³/mol. The van der Waals surface area contributed by atoms with Gasteiger partial charge in [-0.3, -0.25) is 9.69 Å². The van der Waals surface area contributed by atoms with Gasteiger partial charge in [-0.15, -0.1) is 0 Å². The van der Waals surface area contributed by atoms with Gasteiger partial charge in [0.2, 0.25) is 17.6 Å². The van der Waals surface area contributed by atoms with Gasteiger partial charge < -0.3 is 14.6 Å². The van der Waals surface area contributed by atoms with E-state index in [1.807, 2.05) is 19.9 Å². The first-order valence-corrected chi connectivity index (χ1v) is 11.3. The van der Waals surface area contributed by atoms with E-state index in [9.17, 15) is 9.18 Å². The zero-order valence-corrected chi connectivity index (χ0v) is 19.0. The standard InChI is InChI=1S/C24H29FN6O2/c1-3-5-20-21(33-23(29-20)18-6-8-19(25)9-7-18)22(32)28-17(2)16-30-12-14-31(15-13-30)24-26-10-4-11-27-24/h4,6-11,17H,3,5,12-16H2,1-2H3,(H,28,32)/t17-/m0/s1. The van der Waals surface area contributed by atoms with Gasteiger partial charge in [-0.1, -0.05) is 13.3 Å². The number of anilines is 1. The number of oxazole rings is 1. The van der Waals surface area contributed by atoms with Crippen molar-refractivity contribution in [3.05, 3.63) is 60.0 Å². The Hall–Kier alpha value is -3.33. The average molecular weight is 453 g/mol. The van der Waals surface area contributed by atoms with Gasteiger partial charge in [0.25, 0.3) is 5.91 Å². The van der Waals surface area contributed by atoms with Crippen molar-refractivity contribution in [3.63, 3.8) is 0 Å². The second kappa shape index (κ2) is 10.5. The molecule has 1 N–H and O–H groups in total. The summed E-state index contributed by atoms with van der Waals surface area (Å²) in [6.07, 6.45) is 4.97. The van der Waals surface area contributed by atoms with Crippen LogP contribution in [0.4, 0.5) is 10.3 Å². The highest BCUT2D eigenvalue weighted by Crippen LogP contribution is 2.23. The smallest absolute Gasteiger partial charge is 0.289 e. The summed E-state index contributed by atoms with van der Waals surface area (Å²) in [7, 11) is 0. The van der Waals surface area contributed by atoms with Crippen molar-refractivity contribution in [2.45, 2.75) is 32.7 Å². The van der Waals surface area contributed by atoms with Crippen LogP contribution in [0, 0.1) is 5.82 Å². The Morgan fingerprint density at radius 2 is 1.85 bits per heavy atom. The fourth-order valence-electron chi connectivity index (χ4n) is 3.96. The van der Waals surface area contributed by atoms with Crippen LogP contribution in [0.1, 0.15) is 36.5 Å². The fourth-order valence-corrected chi connectivity index (χ4v) is 3.96. The summed E-state index contributed by atoms with van der Waals surface area (Å²) in [6.45, 7) is 8.17. The van der Waals surface area contributed by atoms with Crippen LogP contribution in [0.3, 0.4) is 0 Å². The Labute approximate surface area is 192 Å².